The van der Waals surface area contributed by atoms with Crippen molar-refractivity contribution in [2.24, 2.45) is 0 Å². The first-order valence-electron chi connectivity index (χ1n) is 5.19. The lowest BCUT2D eigenvalue weighted by atomic mass is 10.1. The molecule has 0 N–H and O–H groups in total. The molecule has 3 aromatic rings. The number of aromatic nitrogens is 2. The third kappa shape index (κ3) is 1.84. The summed E-state index contributed by atoms with van der Waals surface area (Å²) < 4.78 is 0. The summed E-state index contributed by atoms with van der Waals surface area (Å²) in [7, 11) is 0. The molecule has 1 aromatic carbocycles. The molecule has 3 rings (SSSR count). The molecule has 0 amide bonds. The molecule has 86 valence electrons. The van der Waals surface area contributed by atoms with Gasteiger partial charge in [0.25, 0.3) is 0 Å². The molecule has 0 spiro atoms. The van der Waals surface area contributed by atoms with Gasteiger partial charge in [-0.25, -0.2) is 9.97 Å². The fourth-order valence-electron chi connectivity index (χ4n) is 1.74. The van der Waals surface area contributed by atoms with Crippen LogP contribution in [-0.2, 0) is 0 Å². The standard InChI is InChI=1S/C13H6ClN3S/c14-12-7-18-13(17-12)9-5-8-3-1-2-4-10(8)16-11(9)6-15/h1-5,7H. The zero-order valence-electron chi connectivity index (χ0n) is 9.09. The predicted molar refractivity (Wildman–Crippen MR) is 72.6 cm³/mol. The van der Waals surface area contributed by atoms with Gasteiger partial charge in [-0.2, -0.15) is 5.26 Å². The molecule has 0 fully saturated rings. The van der Waals surface area contributed by atoms with Gasteiger partial charge in [0.2, 0.25) is 0 Å². The number of thiazole rings is 1. The second kappa shape index (κ2) is 4.37. The molecule has 0 radical (unpaired) electrons. The van der Waals surface area contributed by atoms with E-state index in [1.54, 1.807) is 5.38 Å². The Hall–Kier alpha value is -1.96. The van der Waals surface area contributed by atoms with Crippen molar-refractivity contribution in [3.05, 3.63) is 46.6 Å². The Kier molecular flexibility index (Phi) is 2.71. The third-order valence-corrected chi connectivity index (χ3v) is 3.74. The number of rotatable bonds is 1. The molecule has 3 nitrogen and oxygen atoms in total. The van der Waals surface area contributed by atoms with Crippen LogP contribution in [-0.4, -0.2) is 9.97 Å². The quantitative estimate of drug-likeness (QED) is 0.675. The third-order valence-electron chi connectivity index (χ3n) is 2.54. The lowest BCUT2D eigenvalue weighted by molar-refractivity contribution is 1.31. The first kappa shape index (κ1) is 11.1. The number of benzene rings is 1. The Morgan fingerprint density at radius 2 is 2.06 bits per heavy atom. The smallest absolute Gasteiger partial charge is 0.151 e. The van der Waals surface area contributed by atoms with Crippen molar-refractivity contribution in [1.82, 2.24) is 9.97 Å². The van der Waals surface area contributed by atoms with Crippen molar-refractivity contribution in [2.45, 2.75) is 0 Å². The molecule has 18 heavy (non-hydrogen) atoms. The number of hydrogen-bond donors (Lipinski definition) is 0. The van der Waals surface area contributed by atoms with Crippen LogP contribution in [0.1, 0.15) is 5.69 Å². The van der Waals surface area contributed by atoms with Crippen molar-refractivity contribution in [3.63, 3.8) is 0 Å². The Morgan fingerprint density at radius 3 is 2.78 bits per heavy atom. The summed E-state index contributed by atoms with van der Waals surface area (Å²) in [5, 5.41) is 13.1. The van der Waals surface area contributed by atoms with E-state index in [1.165, 1.54) is 11.3 Å². The Balaban J connectivity index is 2.31. The van der Waals surface area contributed by atoms with Gasteiger partial charge < -0.3 is 0 Å². The fraction of sp³-hybridized carbons (Fsp3) is 0. The highest BCUT2D eigenvalue weighted by Gasteiger charge is 2.11. The fourth-order valence-corrected chi connectivity index (χ4v) is 2.71. The maximum Gasteiger partial charge on any atom is 0.151 e. The summed E-state index contributed by atoms with van der Waals surface area (Å²) in [6, 6.07) is 11.7. The highest BCUT2D eigenvalue weighted by Crippen LogP contribution is 2.30. The summed E-state index contributed by atoms with van der Waals surface area (Å²) >= 11 is 7.23. The highest BCUT2D eigenvalue weighted by atomic mass is 35.5. The minimum absolute atomic E-state index is 0.375. The van der Waals surface area contributed by atoms with Gasteiger partial charge in [0.1, 0.15) is 16.2 Å². The molecule has 5 heteroatoms. The summed E-state index contributed by atoms with van der Waals surface area (Å²) in [5.41, 5.74) is 1.91. The second-order valence-corrected chi connectivity index (χ2v) is 4.91. The van der Waals surface area contributed by atoms with Crippen LogP contribution in [0.25, 0.3) is 21.5 Å². The minimum Gasteiger partial charge on any atom is -0.236 e. The van der Waals surface area contributed by atoms with Crippen LogP contribution in [0.3, 0.4) is 0 Å². The van der Waals surface area contributed by atoms with Crippen LogP contribution in [0.5, 0.6) is 0 Å². The summed E-state index contributed by atoms with van der Waals surface area (Å²) in [4.78, 5) is 8.53. The van der Waals surface area contributed by atoms with Gasteiger partial charge in [0.15, 0.2) is 5.69 Å². The van der Waals surface area contributed by atoms with Crippen molar-refractivity contribution in [2.75, 3.05) is 0 Å². The maximum absolute atomic E-state index is 9.18. The molecule has 0 aliphatic heterocycles. The molecule has 2 heterocycles. The van der Waals surface area contributed by atoms with E-state index in [0.29, 0.717) is 10.8 Å². The van der Waals surface area contributed by atoms with Gasteiger partial charge >= 0.3 is 0 Å². The van der Waals surface area contributed by atoms with E-state index in [0.717, 1.165) is 21.5 Å². The summed E-state index contributed by atoms with van der Waals surface area (Å²) in [5.74, 6) is 0. The second-order valence-electron chi connectivity index (χ2n) is 3.66. The molecule has 0 atom stereocenters. The molecule has 0 saturated carbocycles. The molecule has 0 aliphatic rings. The van der Waals surface area contributed by atoms with Crippen molar-refractivity contribution < 1.29 is 0 Å². The lowest BCUT2D eigenvalue weighted by Crippen LogP contribution is -1.90. The van der Waals surface area contributed by atoms with Gasteiger partial charge in [-0.05, 0) is 12.1 Å². The van der Waals surface area contributed by atoms with Crippen molar-refractivity contribution in [1.29, 1.82) is 5.26 Å². The molecule has 0 saturated heterocycles. The van der Waals surface area contributed by atoms with Gasteiger partial charge in [-0.1, -0.05) is 29.8 Å². The number of nitriles is 1. The van der Waals surface area contributed by atoms with E-state index < -0.39 is 0 Å². The van der Waals surface area contributed by atoms with E-state index in [9.17, 15) is 5.26 Å². The molecule has 0 bridgehead atoms. The monoisotopic (exact) mass is 271 g/mol. The molecular formula is C13H6ClN3S. The minimum atomic E-state index is 0.375. The molecule has 2 aromatic heterocycles. The number of nitrogens with zero attached hydrogens (tertiary/aromatic N) is 3. The average molecular weight is 272 g/mol. The molecule has 0 unspecified atom stereocenters. The van der Waals surface area contributed by atoms with E-state index in [4.69, 9.17) is 11.6 Å². The van der Waals surface area contributed by atoms with Gasteiger partial charge in [0.05, 0.1) is 5.52 Å². The molecule has 0 aliphatic carbocycles. The van der Waals surface area contributed by atoms with E-state index in [-0.39, 0.29) is 0 Å². The number of halogens is 1. The normalized spacial score (nSPS) is 10.4. The first-order chi connectivity index (χ1) is 8.78. The number of pyridine rings is 1. The SMILES string of the molecule is N#Cc1nc2ccccc2cc1-c1nc(Cl)cs1. The largest absolute Gasteiger partial charge is 0.236 e. The average Bonchev–Trinajstić information content (AvgIpc) is 2.83. The van der Waals surface area contributed by atoms with Crippen LogP contribution in [0.4, 0.5) is 0 Å². The highest BCUT2D eigenvalue weighted by molar-refractivity contribution is 7.13. The summed E-state index contributed by atoms with van der Waals surface area (Å²) in [6.07, 6.45) is 0. The first-order valence-corrected chi connectivity index (χ1v) is 6.45. The maximum atomic E-state index is 9.18. The molecular weight excluding hydrogens is 266 g/mol. The summed E-state index contributed by atoms with van der Waals surface area (Å²) in [6.45, 7) is 0. The van der Waals surface area contributed by atoms with Crippen LogP contribution in [0.2, 0.25) is 5.15 Å². The van der Waals surface area contributed by atoms with E-state index in [1.807, 2.05) is 30.3 Å². The van der Waals surface area contributed by atoms with Gasteiger partial charge in [0, 0.05) is 16.3 Å². The lowest BCUT2D eigenvalue weighted by Gasteiger charge is -2.02. The zero-order chi connectivity index (χ0) is 12.5. The van der Waals surface area contributed by atoms with E-state index >= 15 is 0 Å². The number of para-hydroxylation sites is 1. The van der Waals surface area contributed by atoms with Crippen molar-refractivity contribution in [3.8, 4) is 16.6 Å². The van der Waals surface area contributed by atoms with Crippen LogP contribution in [0.15, 0.2) is 35.7 Å². The topological polar surface area (TPSA) is 49.6 Å². The Morgan fingerprint density at radius 1 is 1.22 bits per heavy atom. The van der Waals surface area contributed by atoms with Crippen LogP contribution >= 0.6 is 22.9 Å². The predicted octanol–water partition coefficient (Wildman–Crippen LogP) is 3.88. The number of fused-ring (bicyclic) bond motifs is 1. The zero-order valence-corrected chi connectivity index (χ0v) is 10.7. The Labute approximate surface area is 112 Å². The van der Waals surface area contributed by atoms with Gasteiger partial charge in [-0.3, -0.25) is 0 Å². The Bertz CT molecular complexity index is 773. The van der Waals surface area contributed by atoms with Gasteiger partial charge in [-0.15, -0.1) is 11.3 Å². The van der Waals surface area contributed by atoms with Crippen LogP contribution < -0.4 is 0 Å². The van der Waals surface area contributed by atoms with Crippen LogP contribution in [0, 0.1) is 11.3 Å². The van der Waals surface area contributed by atoms with E-state index in [2.05, 4.69) is 16.0 Å². The number of hydrogen-bond acceptors (Lipinski definition) is 4. The van der Waals surface area contributed by atoms with Crippen molar-refractivity contribution >= 4 is 33.8 Å².